The predicted octanol–water partition coefficient (Wildman–Crippen LogP) is 0.960. The zero-order valence-corrected chi connectivity index (χ0v) is 10.2. The van der Waals surface area contributed by atoms with Crippen LogP contribution in [0.2, 0.25) is 0 Å². The number of imidazole rings is 1. The molecule has 0 aliphatic rings. The Morgan fingerprint density at radius 1 is 1.56 bits per heavy atom. The fourth-order valence-corrected chi connectivity index (χ4v) is 1.28. The highest BCUT2D eigenvalue weighted by molar-refractivity contribution is 5.82. The summed E-state index contributed by atoms with van der Waals surface area (Å²) < 4.78 is 0. The predicted molar refractivity (Wildman–Crippen MR) is 62.6 cm³/mol. The van der Waals surface area contributed by atoms with Crippen LogP contribution in [0.15, 0.2) is 12.4 Å². The van der Waals surface area contributed by atoms with Crippen LogP contribution in [0.1, 0.15) is 39.6 Å². The molecular weight excluding hydrogens is 204 g/mol. The number of nitrogens with one attached hydrogen (secondary N) is 2. The van der Waals surface area contributed by atoms with Gasteiger partial charge in [-0.1, -0.05) is 20.8 Å². The molecule has 90 valence electrons. The molecule has 1 aromatic heterocycles. The van der Waals surface area contributed by atoms with E-state index in [0.29, 0.717) is 0 Å². The monoisotopic (exact) mass is 224 g/mol. The molecule has 2 atom stereocenters. The van der Waals surface area contributed by atoms with Crippen LogP contribution < -0.4 is 11.1 Å². The first-order valence-corrected chi connectivity index (χ1v) is 5.37. The quantitative estimate of drug-likeness (QED) is 0.715. The van der Waals surface area contributed by atoms with Gasteiger partial charge in [0.1, 0.15) is 5.82 Å². The number of nitrogens with two attached hydrogens (primary N) is 1. The zero-order chi connectivity index (χ0) is 12.3. The molecule has 4 N–H and O–H groups in total. The van der Waals surface area contributed by atoms with Gasteiger partial charge in [0.05, 0.1) is 12.1 Å². The molecule has 0 radical (unpaired) electrons. The molecule has 1 heterocycles. The van der Waals surface area contributed by atoms with E-state index in [4.69, 9.17) is 5.73 Å². The van der Waals surface area contributed by atoms with Gasteiger partial charge in [-0.05, 0) is 12.3 Å². The SMILES string of the molecule is CC(NC(=O)C(N)C(C)(C)C)c1ncc[nH]1. The van der Waals surface area contributed by atoms with E-state index in [1.807, 2.05) is 27.7 Å². The Kier molecular flexibility index (Phi) is 3.70. The summed E-state index contributed by atoms with van der Waals surface area (Å²) in [5.74, 6) is 0.575. The summed E-state index contributed by atoms with van der Waals surface area (Å²) in [6, 6.07) is -0.680. The molecule has 0 aromatic carbocycles. The molecule has 2 unspecified atom stereocenters. The van der Waals surface area contributed by atoms with Crippen LogP contribution in [0.4, 0.5) is 0 Å². The van der Waals surface area contributed by atoms with Crippen molar-refractivity contribution >= 4 is 5.91 Å². The molecule has 0 aliphatic heterocycles. The van der Waals surface area contributed by atoms with Crippen LogP contribution in [0.25, 0.3) is 0 Å². The van der Waals surface area contributed by atoms with Crippen molar-refractivity contribution in [2.45, 2.75) is 39.8 Å². The second-order valence-corrected chi connectivity index (χ2v) is 5.05. The molecule has 5 heteroatoms. The maximum absolute atomic E-state index is 11.8. The fourth-order valence-electron chi connectivity index (χ4n) is 1.28. The van der Waals surface area contributed by atoms with E-state index >= 15 is 0 Å². The molecule has 0 aliphatic carbocycles. The summed E-state index contributed by atoms with van der Waals surface area (Å²) in [6.07, 6.45) is 3.38. The Morgan fingerprint density at radius 3 is 2.62 bits per heavy atom. The number of carbonyl (C=O) groups excluding carboxylic acids is 1. The minimum atomic E-state index is -0.523. The normalized spacial score (nSPS) is 15.6. The van der Waals surface area contributed by atoms with Crippen LogP contribution in [0.3, 0.4) is 0 Å². The summed E-state index contributed by atoms with van der Waals surface area (Å²) in [6.45, 7) is 7.69. The van der Waals surface area contributed by atoms with E-state index in [1.165, 1.54) is 0 Å². The van der Waals surface area contributed by atoms with Crippen molar-refractivity contribution in [2.24, 2.45) is 11.1 Å². The molecule has 0 saturated carbocycles. The third kappa shape index (κ3) is 3.06. The summed E-state index contributed by atoms with van der Waals surface area (Å²) in [5, 5.41) is 2.83. The fraction of sp³-hybridized carbons (Fsp3) is 0.636. The summed E-state index contributed by atoms with van der Waals surface area (Å²) in [4.78, 5) is 18.9. The lowest BCUT2D eigenvalue weighted by Gasteiger charge is -2.27. The van der Waals surface area contributed by atoms with Gasteiger partial charge in [-0.25, -0.2) is 4.98 Å². The number of rotatable bonds is 3. The van der Waals surface area contributed by atoms with Crippen molar-refractivity contribution < 1.29 is 4.79 Å². The first kappa shape index (κ1) is 12.7. The first-order valence-electron chi connectivity index (χ1n) is 5.37. The van der Waals surface area contributed by atoms with E-state index < -0.39 is 6.04 Å². The second kappa shape index (κ2) is 4.65. The lowest BCUT2D eigenvalue weighted by molar-refractivity contribution is -0.125. The van der Waals surface area contributed by atoms with Gasteiger partial charge in [0, 0.05) is 12.4 Å². The molecular formula is C11H20N4O. The molecule has 0 fully saturated rings. The van der Waals surface area contributed by atoms with Crippen LogP contribution in [-0.4, -0.2) is 21.9 Å². The molecule has 16 heavy (non-hydrogen) atoms. The summed E-state index contributed by atoms with van der Waals surface area (Å²) >= 11 is 0. The number of amides is 1. The van der Waals surface area contributed by atoms with Crippen LogP contribution in [-0.2, 0) is 4.79 Å². The average Bonchev–Trinajstić information content (AvgIpc) is 2.67. The van der Waals surface area contributed by atoms with Gasteiger partial charge in [0.25, 0.3) is 0 Å². The van der Waals surface area contributed by atoms with Crippen LogP contribution in [0.5, 0.6) is 0 Å². The molecule has 0 saturated heterocycles. The third-order valence-corrected chi connectivity index (χ3v) is 2.50. The first-order chi connectivity index (χ1) is 7.32. The maximum Gasteiger partial charge on any atom is 0.238 e. The number of aromatic nitrogens is 2. The van der Waals surface area contributed by atoms with Crippen molar-refractivity contribution in [1.82, 2.24) is 15.3 Å². The molecule has 5 nitrogen and oxygen atoms in total. The minimum absolute atomic E-state index is 0.156. The smallest absolute Gasteiger partial charge is 0.238 e. The Labute approximate surface area is 95.8 Å². The highest BCUT2D eigenvalue weighted by Crippen LogP contribution is 2.18. The largest absolute Gasteiger partial charge is 0.347 e. The van der Waals surface area contributed by atoms with E-state index in [9.17, 15) is 4.79 Å². The zero-order valence-electron chi connectivity index (χ0n) is 10.2. The molecule has 1 aromatic rings. The average molecular weight is 224 g/mol. The topological polar surface area (TPSA) is 83.8 Å². The van der Waals surface area contributed by atoms with Gasteiger partial charge in [-0.3, -0.25) is 4.79 Å². The van der Waals surface area contributed by atoms with Crippen molar-refractivity contribution in [2.75, 3.05) is 0 Å². The van der Waals surface area contributed by atoms with Crippen LogP contribution >= 0.6 is 0 Å². The number of carbonyl (C=O) groups is 1. The Hall–Kier alpha value is -1.36. The van der Waals surface area contributed by atoms with Crippen molar-refractivity contribution in [3.63, 3.8) is 0 Å². The van der Waals surface area contributed by atoms with Crippen molar-refractivity contribution in [1.29, 1.82) is 0 Å². The van der Waals surface area contributed by atoms with Gasteiger partial charge in [-0.15, -0.1) is 0 Å². The summed E-state index contributed by atoms with van der Waals surface area (Å²) in [5.41, 5.74) is 5.61. The van der Waals surface area contributed by atoms with Crippen molar-refractivity contribution in [3.8, 4) is 0 Å². The van der Waals surface area contributed by atoms with E-state index in [-0.39, 0.29) is 17.4 Å². The lowest BCUT2D eigenvalue weighted by atomic mass is 9.87. The number of hydrogen-bond acceptors (Lipinski definition) is 3. The molecule has 1 amide bonds. The lowest BCUT2D eigenvalue weighted by Crippen LogP contribution is -2.49. The number of H-pyrrole nitrogens is 1. The van der Waals surface area contributed by atoms with Gasteiger partial charge >= 0.3 is 0 Å². The number of nitrogens with zero attached hydrogens (tertiary/aromatic N) is 1. The number of aromatic amines is 1. The highest BCUT2D eigenvalue weighted by Gasteiger charge is 2.28. The highest BCUT2D eigenvalue weighted by atomic mass is 16.2. The molecule has 0 bridgehead atoms. The maximum atomic E-state index is 11.8. The number of hydrogen-bond donors (Lipinski definition) is 3. The van der Waals surface area contributed by atoms with Gasteiger partial charge < -0.3 is 16.0 Å². The van der Waals surface area contributed by atoms with Gasteiger partial charge in [0.15, 0.2) is 0 Å². The van der Waals surface area contributed by atoms with Crippen molar-refractivity contribution in [3.05, 3.63) is 18.2 Å². The van der Waals surface area contributed by atoms with E-state index in [0.717, 1.165) is 5.82 Å². The Balaban J connectivity index is 2.59. The Bertz CT molecular complexity index is 339. The molecule has 1 rings (SSSR count). The van der Waals surface area contributed by atoms with E-state index in [1.54, 1.807) is 12.4 Å². The summed E-state index contributed by atoms with van der Waals surface area (Å²) in [7, 11) is 0. The van der Waals surface area contributed by atoms with E-state index in [2.05, 4.69) is 15.3 Å². The third-order valence-electron chi connectivity index (χ3n) is 2.50. The standard InChI is InChI=1S/C11H20N4O/c1-7(9-13-5-6-14-9)15-10(16)8(12)11(2,3)4/h5-8H,12H2,1-4H3,(H,13,14)(H,15,16). The van der Waals surface area contributed by atoms with Crippen LogP contribution in [0, 0.1) is 5.41 Å². The minimum Gasteiger partial charge on any atom is -0.347 e. The van der Waals surface area contributed by atoms with Gasteiger partial charge in [0.2, 0.25) is 5.91 Å². The Morgan fingerprint density at radius 2 is 2.19 bits per heavy atom. The molecule has 0 spiro atoms. The van der Waals surface area contributed by atoms with Gasteiger partial charge in [-0.2, -0.15) is 0 Å². The second-order valence-electron chi connectivity index (χ2n) is 5.05.